The van der Waals surface area contributed by atoms with Gasteiger partial charge >= 0.3 is 0 Å². The topological polar surface area (TPSA) is 65.8 Å². The van der Waals surface area contributed by atoms with E-state index in [-0.39, 0.29) is 12.7 Å². The molecule has 21 heavy (non-hydrogen) atoms. The van der Waals surface area contributed by atoms with Crippen LogP contribution >= 0.6 is 11.3 Å². The summed E-state index contributed by atoms with van der Waals surface area (Å²) in [5, 5.41) is 20.3. The first kappa shape index (κ1) is 15.1. The van der Waals surface area contributed by atoms with E-state index in [0.717, 1.165) is 44.7 Å². The van der Waals surface area contributed by atoms with E-state index in [4.69, 9.17) is 14.9 Å². The van der Waals surface area contributed by atoms with E-state index in [2.05, 4.69) is 10.3 Å². The molecule has 1 aromatic rings. The Bertz CT molecular complexity index is 485. The molecule has 2 aliphatic rings. The number of β-amino-alcohol motifs (C(OH)–C–C–N with tert-alkyl or cyclic N) is 1. The van der Waals surface area contributed by atoms with Gasteiger partial charge in [0.25, 0.3) is 0 Å². The van der Waals surface area contributed by atoms with Crippen LogP contribution in [0.15, 0.2) is 11.4 Å². The maximum absolute atomic E-state index is 10.1. The fourth-order valence-corrected chi connectivity index (χ4v) is 3.80. The normalized spacial score (nSPS) is 24.8. The summed E-state index contributed by atoms with van der Waals surface area (Å²) in [5.41, 5.74) is 1.74. The highest BCUT2D eigenvalue weighted by atomic mass is 32.1. The monoisotopic (exact) mass is 310 g/mol. The second kappa shape index (κ2) is 6.98. The van der Waals surface area contributed by atoms with Crippen molar-refractivity contribution in [2.45, 2.75) is 25.0 Å². The third-order valence-corrected chi connectivity index (χ3v) is 5.02. The molecule has 1 saturated heterocycles. The Balaban J connectivity index is 1.51. The van der Waals surface area contributed by atoms with E-state index in [1.165, 1.54) is 4.88 Å². The van der Waals surface area contributed by atoms with Gasteiger partial charge in [-0.25, -0.2) is 0 Å². The Hall–Kier alpha value is -0.790. The Morgan fingerprint density at radius 1 is 1.43 bits per heavy atom. The van der Waals surface area contributed by atoms with Crippen molar-refractivity contribution in [3.63, 3.8) is 0 Å². The second-order valence-corrected chi connectivity index (χ2v) is 6.61. The van der Waals surface area contributed by atoms with E-state index in [0.29, 0.717) is 12.3 Å². The van der Waals surface area contributed by atoms with Crippen molar-refractivity contribution in [2.24, 2.45) is 0 Å². The van der Waals surface area contributed by atoms with Crippen molar-refractivity contribution in [3.05, 3.63) is 21.9 Å². The molecule has 0 bridgehead atoms. The van der Waals surface area contributed by atoms with Crippen molar-refractivity contribution in [1.82, 2.24) is 4.90 Å². The number of rotatable bonds is 5. The minimum atomic E-state index is -0.514. The van der Waals surface area contributed by atoms with Crippen LogP contribution in [0.1, 0.15) is 23.0 Å². The molecule has 0 radical (unpaired) electrons. The highest BCUT2D eigenvalue weighted by Crippen LogP contribution is 2.33. The first-order valence-electron chi connectivity index (χ1n) is 7.47. The van der Waals surface area contributed by atoms with Gasteiger partial charge in [-0.15, -0.1) is 11.3 Å². The van der Waals surface area contributed by atoms with E-state index in [1.54, 1.807) is 11.3 Å². The van der Waals surface area contributed by atoms with Gasteiger partial charge in [0.1, 0.15) is 6.10 Å². The Morgan fingerprint density at radius 3 is 3.05 bits per heavy atom. The summed E-state index contributed by atoms with van der Waals surface area (Å²) in [6.07, 6.45) is 0.930. The molecule has 2 unspecified atom stereocenters. The molecule has 3 rings (SSSR count). The number of nitrogens with one attached hydrogen (secondary N) is 1. The van der Waals surface area contributed by atoms with E-state index in [9.17, 15) is 5.11 Å². The fraction of sp³-hybridized carbons (Fsp3) is 0.667. The molecule has 1 fully saturated rings. The molecule has 1 aliphatic heterocycles. The Morgan fingerprint density at radius 2 is 2.24 bits per heavy atom. The third kappa shape index (κ3) is 3.70. The second-order valence-electron chi connectivity index (χ2n) is 5.60. The molecular weight excluding hydrogens is 288 g/mol. The molecule has 0 spiro atoms. The highest BCUT2D eigenvalue weighted by Gasteiger charge is 2.27. The maximum Gasteiger partial charge on any atom is 0.121 e. The molecule has 1 aromatic heterocycles. The van der Waals surface area contributed by atoms with Crippen LogP contribution in [0.3, 0.4) is 0 Å². The predicted octanol–water partition coefficient (Wildman–Crippen LogP) is 1.46. The van der Waals surface area contributed by atoms with Crippen molar-refractivity contribution in [2.75, 3.05) is 39.5 Å². The molecule has 2 heterocycles. The molecule has 116 valence electrons. The molecular formula is C15H22N2O3S. The summed E-state index contributed by atoms with van der Waals surface area (Å²) in [6.45, 7) is 4.09. The number of hydrogen-bond acceptors (Lipinski definition) is 6. The van der Waals surface area contributed by atoms with Gasteiger partial charge in [0.2, 0.25) is 0 Å². The minimum Gasteiger partial charge on any atom is -0.389 e. The lowest BCUT2D eigenvalue weighted by Gasteiger charge is -2.30. The predicted molar refractivity (Wildman–Crippen MR) is 82.3 cm³/mol. The smallest absolute Gasteiger partial charge is 0.121 e. The molecule has 6 heteroatoms. The summed E-state index contributed by atoms with van der Waals surface area (Å²) in [7, 11) is 0. The van der Waals surface area contributed by atoms with Gasteiger partial charge in [0.05, 0.1) is 25.9 Å². The zero-order valence-electron chi connectivity index (χ0n) is 12.1. The lowest BCUT2D eigenvalue weighted by Crippen LogP contribution is -2.42. The van der Waals surface area contributed by atoms with Crippen LogP contribution in [0.25, 0.3) is 0 Å². The summed E-state index contributed by atoms with van der Waals surface area (Å²) in [4.78, 5) is 3.51. The summed E-state index contributed by atoms with van der Waals surface area (Å²) in [6, 6.07) is 2.05. The van der Waals surface area contributed by atoms with Gasteiger partial charge in [0.15, 0.2) is 0 Å². The standard InChI is InChI=1S/C15H22N2O3S/c16-13-1-2-14-12(3-8-21-14)15(13)20-10-11(18)9-17-4-6-19-7-5-17/h3,8,11,15-16,18H,1-2,4-7,9-10H2. The molecule has 2 atom stereocenters. The Kier molecular flexibility index (Phi) is 5.03. The fourth-order valence-electron chi connectivity index (χ4n) is 2.89. The van der Waals surface area contributed by atoms with Gasteiger partial charge in [0, 0.05) is 35.8 Å². The number of ether oxygens (including phenoxy) is 2. The number of aliphatic hydroxyl groups is 1. The number of hydrogen-bond donors (Lipinski definition) is 2. The lowest BCUT2D eigenvalue weighted by atomic mass is 9.94. The zero-order chi connectivity index (χ0) is 14.7. The summed E-state index contributed by atoms with van der Waals surface area (Å²) >= 11 is 1.73. The highest BCUT2D eigenvalue weighted by molar-refractivity contribution is 7.10. The van der Waals surface area contributed by atoms with Gasteiger partial charge in [-0.3, -0.25) is 4.90 Å². The van der Waals surface area contributed by atoms with Crippen LogP contribution in [0, 0.1) is 5.41 Å². The third-order valence-electron chi connectivity index (χ3n) is 4.03. The Labute approximate surface area is 129 Å². The van der Waals surface area contributed by atoms with E-state index >= 15 is 0 Å². The van der Waals surface area contributed by atoms with Gasteiger partial charge in [-0.1, -0.05) is 0 Å². The molecule has 0 amide bonds. The largest absolute Gasteiger partial charge is 0.389 e. The van der Waals surface area contributed by atoms with Gasteiger partial charge < -0.3 is 20.0 Å². The van der Waals surface area contributed by atoms with E-state index in [1.807, 2.05) is 6.07 Å². The number of aryl methyl sites for hydroxylation is 1. The lowest BCUT2D eigenvalue weighted by molar-refractivity contribution is -0.0236. The number of fused-ring (bicyclic) bond motifs is 1. The maximum atomic E-state index is 10.1. The molecule has 0 saturated carbocycles. The molecule has 0 aromatic carbocycles. The SMILES string of the molecule is N=C1CCc2sccc2C1OCC(O)CN1CCOCC1. The molecule has 5 nitrogen and oxygen atoms in total. The zero-order valence-corrected chi connectivity index (χ0v) is 12.9. The van der Waals surface area contributed by atoms with Crippen LogP contribution < -0.4 is 0 Å². The van der Waals surface area contributed by atoms with Crippen molar-refractivity contribution in [3.8, 4) is 0 Å². The van der Waals surface area contributed by atoms with Gasteiger partial charge in [-0.05, 0) is 24.3 Å². The van der Waals surface area contributed by atoms with E-state index < -0.39 is 6.10 Å². The number of aliphatic hydroxyl groups excluding tert-OH is 1. The van der Waals surface area contributed by atoms with Crippen molar-refractivity contribution < 1.29 is 14.6 Å². The van der Waals surface area contributed by atoms with Crippen LogP contribution in [0.4, 0.5) is 0 Å². The van der Waals surface area contributed by atoms with Crippen molar-refractivity contribution >= 4 is 17.0 Å². The number of morpholine rings is 1. The summed E-state index contributed by atoms with van der Waals surface area (Å²) < 4.78 is 11.2. The quantitative estimate of drug-likeness (QED) is 0.864. The number of thiophene rings is 1. The summed E-state index contributed by atoms with van der Waals surface area (Å²) in [5.74, 6) is 0. The van der Waals surface area contributed by atoms with Crippen molar-refractivity contribution in [1.29, 1.82) is 5.41 Å². The minimum absolute atomic E-state index is 0.265. The average Bonchev–Trinajstić information content (AvgIpc) is 2.96. The van der Waals surface area contributed by atoms with Crippen LogP contribution in [0.2, 0.25) is 0 Å². The van der Waals surface area contributed by atoms with Crippen LogP contribution in [-0.4, -0.2) is 61.3 Å². The van der Waals surface area contributed by atoms with Gasteiger partial charge in [-0.2, -0.15) is 0 Å². The van der Waals surface area contributed by atoms with Crippen LogP contribution in [-0.2, 0) is 15.9 Å². The molecule has 2 N–H and O–H groups in total. The van der Waals surface area contributed by atoms with Crippen LogP contribution in [0.5, 0.6) is 0 Å². The first-order chi connectivity index (χ1) is 10.2. The number of nitrogens with zero attached hydrogens (tertiary/aromatic N) is 1. The molecule has 1 aliphatic carbocycles. The average molecular weight is 310 g/mol. The first-order valence-corrected chi connectivity index (χ1v) is 8.35.